The van der Waals surface area contributed by atoms with Gasteiger partial charge in [-0.05, 0) is 35.9 Å². The topological polar surface area (TPSA) is 95.3 Å². The first-order valence-electron chi connectivity index (χ1n) is 9.01. The number of halogens is 4. The maximum atomic E-state index is 13.7. The van der Waals surface area contributed by atoms with Gasteiger partial charge in [-0.2, -0.15) is 18.3 Å². The molecule has 0 atom stereocenters. The minimum atomic E-state index is -4.64. The van der Waals surface area contributed by atoms with Crippen LogP contribution in [-0.2, 0) is 26.9 Å². The van der Waals surface area contributed by atoms with Crippen LogP contribution in [0.5, 0.6) is 5.75 Å². The van der Waals surface area contributed by atoms with Crippen molar-refractivity contribution in [2.75, 3.05) is 19.0 Å². The van der Waals surface area contributed by atoms with Crippen LogP contribution in [0, 0.1) is 5.82 Å². The molecule has 32 heavy (non-hydrogen) atoms. The molecule has 3 aromatic rings. The van der Waals surface area contributed by atoms with Crippen molar-refractivity contribution in [3.05, 3.63) is 66.0 Å². The summed E-state index contributed by atoms with van der Waals surface area (Å²) in [6.45, 7) is -0.759. The largest absolute Gasteiger partial charge is 0.494 e. The number of ether oxygens (including phenoxy) is 2. The number of rotatable bonds is 7. The Morgan fingerprint density at radius 2 is 1.94 bits per heavy atom. The molecule has 168 valence electrons. The second-order valence-electron chi connectivity index (χ2n) is 6.42. The highest BCUT2D eigenvalue weighted by molar-refractivity contribution is 5.94. The molecule has 3 rings (SSSR count). The lowest BCUT2D eigenvalue weighted by atomic mass is 10.1. The maximum absolute atomic E-state index is 13.7. The number of hydrogen-bond acceptors (Lipinski definition) is 6. The predicted octanol–water partition coefficient (Wildman–Crippen LogP) is 3.16. The Kier molecular flexibility index (Phi) is 6.71. The number of carbonyl (C=O) groups is 2. The lowest BCUT2D eigenvalue weighted by molar-refractivity contribution is -0.146. The molecule has 1 amide bonds. The number of alkyl halides is 3. The van der Waals surface area contributed by atoms with Crippen LogP contribution in [0.1, 0.15) is 11.1 Å². The molecule has 0 aliphatic rings. The molecule has 2 aromatic carbocycles. The Balaban J connectivity index is 1.66. The molecular formula is C20H16F4N4O4. The summed E-state index contributed by atoms with van der Waals surface area (Å²) in [5.74, 6) is -2.36. The van der Waals surface area contributed by atoms with Crippen molar-refractivity contribution in [2.24, 2.45) is 0 Å². The van der Waals surface area contributed by atoms with E-state index in [-0.39, 0.29) is 23.5 Å². The van der Waals surface area contributed by atoms with Crippen LogP contribution in [0.15, 0.2) is 49.1 Å². The van der Waals surface area contributed by atoms with Crippen LogP contribution < -0.4 is 10.1 Å². The number of aromatic nitrogens is 3. The third-order valence-electron chi connectivity index (χ3n) is 4.19. The van der Waals surface area contributed by atoms with Gasteiger partial charge in [-0.15, -0.1) is 0 Å². The molecule has 8 nitrogen and oxygen atoms in total. The summed E-state index contributed by atoms with van der Waals surface area (Å²) in [7, 11) is 1.30. The minimum Gasteiger partial charge on any atom is -0.494 e. The van der Waals surface area contributed by atoms with E-state index < -0.39 is 36.0 Å². The Hall–Kier alpha value is -3.96. The number of amides is 1. The zero-order valence-electron chi connectivity index (χ0n) is 16.5. The van der Waals surface area contributed by atoms with Crippen LogP contribution in [0.25, 0.3) is 5.69 Å². The van der Waals surface area contributed by atoms with Gasteiger partial charge in [0.05, 0.1) is 30.5 Å². The van der Waals surface area contributed by atoms with Crippen molar-refractivity contribution < 1.29 is 36.6 Å². The molecule has 1 aromatic heterocycles. The van der Waals surface area contributed by atoms with E-state index in [4.69, 9.17) is 9.47 Å². The molecule has 0 saturated carbocycles. The Morgan fingerprint density at radius 1 is 1.16 bits per heavy atom. The second-order valence-corrected chi connectivity index (χ2v) is 6.42. The lowest BCUT2D eigenvalue weighted by Crippen LogP contribution is -2.23. The first-order chi connectivity index (χ1) is 15.2. The summed E-state index contributed by atoms with van der Waals surface area (Å²) < 4.78 is 63.7. The third-order valence-corrected chi connectivity index (χ3v) is 4.19. The zero-order chi connectivity index (χ0) is 23.3. The zero-order valence-corrected chi connectivity index (χ0v) is 16.5. The third kappa shape index (κ3) is 5.59. The average Bonchev–Trinajstić information content (AvgIpc) is 3.26. The number of hydrogen-bond donors (Lipinski definition) is 1. The standard InChI is InChI=1S/C20H16F4N4O4/c1-31-17-5-2-12(6-14(17)21)7-19(30)32-9-18(29)27-15-8-13(20(22,23)24)3-4-16(15)28-11-25-10-26-28/h2-6,8,10-11H,7,9H2,1H3,(H,27,29). The molecule has 0 saturated heterocycles. The Labute approximate surface area is 178 Å². The van der Waals surface area contributed by atoms with Crippen molar-refractivity contribution in [3.8, 4) is 11.4 Å². The van der Waals surface area contributed by atoms with Gasteiger partial charge in [0.25, 0.3) is 5.91 Å². The number of nitrogens with one attached hydrogen (secondary N) is 1. The molecule has 0 fully saturated rings. The van der Waals surface area contributed by atoms with Gasteiger partial charge < -0.3 is 14.8 Å². The quantitative estimate of drug-likeness (QED) is 0.437. The fourth-order valence-corrected chi connectivity index (χ4v) is 2.71. The number of benzene rings is 2. The molecule has 12 heteroatoms. The van der Waals surface area contributed by atoms with E-state index in [0.717, 1.165) is 24.3 Å². The second kappa shape index (κ2) is 9.45. The summed E-state index contributed by atoms with van der Waals surface area (Å²) in [6.07, 6.45) is -2.54. The summed E-state index contributed by atoms with van der Waals surface area (Å²) in [4.78, 5) is 27.9. The van der Waals surface area contributed by atoms with Gasteiger partial charge >= 0.3 is 12.1 Å². The summed E-state index contributed by atoms with van der Waals surface area (Å²) >= 11 is 0. The first-order valence-corrected chi connectivity index (χ1v) is 9.01. The molecular weight excluding hydrogens is 436 g/mol. The van der Waals surface area contributed by atoms with Gasteiger partial charge in [0.15, 0.2) is 18.2 Å². The molecule has 0 aliphatic carbocycles. The van der Waals surface area contributed by atoms with Crippen LogP contribution in [0.3, 0.4) is 0 Å². The fourth-order valence-electron chi connectivity index (χ4n) is 2.71. The van der Waals surface area contributed by atoms with E-state index in [0.29, 0.717) is 5.56 Å². The number of anilines is 1. The van der Waals surface area contributed by atoms with Gasteiger partial charge in [0.1, 0.15) is 12.7 Å². The normalized spacial score (nSPS) is 11.2. The summed E-state index contributed by atoms with van der Waals surface area (Å²) in [5, 5.41) is 6.11. The molecule has 1 heterocycles. The van der Waals surface area contributed by atoms with Crippen LogP contribution in [0.2, 0.25) is 0 Å². The molecule has 0 spiro atoms. The number of carbonyl (C=O) groups excluding carboxylic acids is 2. The highest BCUT2D eigenvalue weighted by Crippen LogP contribution is 2.33. The van der Waals surface area contributed by atoms with Gasteiger partial charge in [0.2, 0.25) is 0 Å². The van der Waals surface area contributed by atoms with Gasteiger partial charge in [-0.1, -0.05) is 6.07 Å². The Morgan fingerprint density at radius 3 is 2.56 bits per heavy atom. The SMILES string of the molecule is COc1ccc(CC(=O)OCC(=O)Nc2cc(C(F)(F)F)ccc2-n2cncn2)cc1F. The number of methoxy groups -OCH3 is 1. The minimum absolute atomic E-state index is 0.00534. The van der Waals surface area contributed by atoms with Crippen LogP contribution >= 0.6 is 0 Å². The van der Waals surface area contributed by atoms with E-state index in [2.05, 4.69) is 15.4 Å². The molecule has 0 aliphatic heterocycles. The summed E-state index contributed by atoms with van der Waals surface area (Å²) in [5.41, 5.74) is -0.775. The molecule has 1 N–H and O–H groups in total. The molecule has 0 radical (unpaired) electrons. The maximum Gasteiger partial charge on any atom is 0.416 e. The van der Waals surface area contributed by atoms with E-state index in [1.165, 1.54) is 36.6 Å². The predicted molar refractivity (Wildman–Crippen MR) is 103 cm³/mol. The van der Waals surface area contributed by atoms with Crippen molar-refractivity contribution in [3.63, 3.8) is 0 Å². The van der Waals surface area contributed by atoms with Crippen LogP contribution in [0.4, 0.5) is 23.2 Å². The highest BCUT2D eigenvalue weighted by atomic mass is 19.4. The lowest BCUT2D eigenvalue weighted by Gasteiger charge is -2.14. The van der Waals surface area contributed by atoms with Crippen molar-refractivity contribution >= 4 is 17.6 Å². The fraction of sp³-hybridized carbons (Fsp3) is 0.200. The molecule has 0 unspecified atom stereocenters. The highest BCUT2D eigenvalue weighted by Gasteiger charge is 2.31. The van der Waals surface area contributed by atoms with Crippen molar-refractivity contribution in [1.29, 1.82) is 0 Å². The summed E-state index contributed by atoms with van der Waals surface area (Å²) in [6, 6.07) is 6.57. The first kappa shape index (κ1) is 22.7. The monoisotopic (exact) mass is 452 g/mol. The van der Waals surface area contributed by atoms with Gasteiger partial charge in [-0.3, -0.25) is 9.59 Å². The molecule has 0 bridgehead atoms. The van der Waals surface area contributed by atoms with Gasteiger partial charge in [-0.25, -0.2) is 14.1 Å². The van der Waals surface area contributed by atoms with E-state index in [1.807, 2.05) is 0 Å². The Bertz CT molecular complexity index is 1120. The van der Waals surface area contributed by atoms with E-state index in [1.54, 1.807) is 0 Å². The van der Waals surface area contributed by atoms with Crippen molar-refractivity contribution in [2.45, 2.75) is 12.6 Å². The van der Waals surface area contributed by atoms with Crippen molar-refractivity contribution in [1.82, 2.24) is 14.8 Å². The number of esters is 1. The number of nitrogens with zero attached hydrogens (tertiary/aromatic N) is 3. The van der Waals surface area contributed by atoms with Crippen LogP contribution in [-0.4, -0.2) is 40.4 Å². The van der Waals surface area contributed by atoms with Gasteiger partial charge in [0, 0.05) is 0 Å². The van der Waals surface area contributed by atoms with E-state index >= 15 is 0 Å². The van der Waals surface area contributed by atoms with E-state index in [9.17, 15) is 27.2 Å². The average molecular weight is 452 g/mol. The smallest absolute Gasteiger partial charge is 0.416 e.